The van der Waals surface area contributed by atoms with Gasteiger partial charge >= 0.3 is 0 Å². The van der Waals surface area contributed by atoms with Crippen LogP contribution in [0.25, 0.3) is 0 Å². The van der Waals surface area contributed by atoms with Gasteiger partial charge in [0.2, 0.25) is 0 Å². The first-order valence-electron chi connectivity index (χ1n) is 6.12. The summed E-state index contributed by atoms with van der Waals surface area (Å²) in [4.78, 5) is 0. The number of hydrogen-bond donors (Lipinski definition) is 1. The summed E-state index contributed by atoms with van der Waals surface area (Å²) in [5.41, 5.74) is 0.182. The first-order valence-corrected chi connectivity index (χ1v) is 8.08. The minimum absolute atomic E-state index is 0.131. The van der Waals surface area contributed by atoms with E-state index in [2.05, 4.69) is 5.32 Å². The minimum atomic E-state index is -3.25. The average Bonchev–Trinajstić information content (AvgIpc) is 2.32. The number of nitrogens with one attached hydrogen (secondary N) is 1. The summed E-state index contributed by atoms with van der Waals surface area (Å²) >= 11 is 0. The van der Waals surface area contributed by atoms with Crippen LogP contribution in [-0.4, -0.2) is 32.5 Å². The standard InChI is InChI=1S/C13H19F2NO2S/c1-4-16-12(9(2)19(3,17)18)8-10-6-5-7-11(14)13(10)15/h5-7,9,12,16H,4,8H2,1-3H3. The predicted octanol–water partition coefficient (Wildman–Crippen LogP) is 1.92. The fourth-order valence-electron chi connectivity index (χ4n) is 1.91. The van der Waals surface area contributed by atoms with E-state index in [4.69, 9.17) is 0 Å². The van der Waals surface area contributed by atoms with E-state index >= 15 is 0 Å². The van der Waals surface area contributed by atoms with E-state index in [0.29, 0.717) is 6.54 Å². The largest absolute Gasteiger partial charge is 0.313 e. The zero-order valence-electron chi connectivity index (χ0n) is 11.3. The summed E-state index contributed by atoms with van der Waals surface area (Å²) in [6.45, 7) is 3.96. The van der Waals surface area contributed by atoms with Gasteiger partial charge in [-0.05, 0) is 31.5 Å². The SMILES string of the molecule is CCNC(Cc1cccc(F)c1F)C(C)S(C)(=O)=O. The molecule has 1 rings (SSSR count). The van der Waals surface area contributed by atoms with Crippen LogP contribution in [0.5, 0.6) is 0 Å². The van der Waals surface area contributed by atoms with Gasteiger partial charge in [0, 0.05) is 12.3 Å². The number of sulfone groups is 1. The molecule has 0 fully saturated rings. The van der Waals surface area contributed by atoms with Crippen molar-refractivity contribution in [1.82, 2.24) is 5.32 Å². The summed E-state index contributed by atoms with van der Waals surface area (Å²) < 4.78 is 49.9. The van der Waals surface area contributed by atoms with Crippen LogP contribution in [0.2, 0.25) is 0 Å². The predicted molar refractivity (Wildman–Crippen MR) is 71.8 cm³/mol. The third-order valence-electron chi connectivity index (χ3n) is 3.18. The van der Waals surface area contributed by atoms with E-state index in [9.17, 15) is 17.2 Å². The second kappa shape index (κ2) is 6.43. The fourth-order valence-corrected chi connectivity index (χ4v) is 2.70. The molecule has 2 atom stereocenters. The highest BCUT2D eigenvalue weighted by Crippen LogP contribution is 2.16. The molecule has 0 aromatic heterocycles. The van der Waals surface area contributed by atoms with Crippen LogP contribution < -0.4 is 5.32 Å². The van der Waals surface area contributed by atoms with Crippen LogP contribution in [0.3, 0.4) is 0 Å². The van der Waals surface area contributed by atoms with E-state index in [1.165, 1.54) is 12.1 Å². The molecule has 1 aromatic rings. The molecule has 0 aliphatic rings. The second-order valence-corrected chi connectivity index (χ2v) is 7.02. The van der Waals surface area contributed by atoms with E-state index in [1.54, 1.807) is 6.92 Å². The van der Waals surface area contributed by atoms with E-state index < -0.39 is 32.8 Å². The van der Waals surface area contributed by atoms with Gasteiger partial charge in [0.15, 0.2) is 21.5 Å². The number of benzene rings is 1. The Bertz CT molecular complexity index is 531. The highest BCUT2D eigenvalue weighted by Gasteiger charge is 2.26. The van der Waals surface area contributed by atoms with E-state index in [0.717, 1.165) is 12.3 Å². The fraction of sp³-hybridized carbons (Fsp3) is 0.538. The van der Waals surface area contributed by atoms with Crippen molar-refractivity contribution in [3.8, 4) is 0 Å². The van der Waals surface area contributed by atoms with Crippen LogP contribution in [0, 0.1) is 11.6 Å². The van der Waals surface area contributed by atoms with Crippen LogP contribution in [0.15, 0.2) is 18.2 Å². The van der Waals surface area contributed by atoms with Gasteiger partial charge in [0.05, 0.1) is 5.25 Å². The summed E-state index contributed by atoms with van der Waals surface area (Å²) in [6.07, 6.45) is 1.27. The molecule has 0 spiro atoms. The molecule has 2 unspecified atom stereocenters. The van der Waals surface area contributed by atoms with Gasteiger partial charge in [0.1, 0.15) is 0 Å². The molecule has 0 heterocycles. The van der Waals surface area contributed by atoms with Crippen molar-refractivity contribution in [2.45, 2.75) is 31.6 Å². The summed E-state index contributed by atoms with van der Waals surface area (Å²) in [7, 11) is -3.25. The topological polar surface area (TPSA) is 46.2 Å². The zero-order chi connectivity index (χ0) is 14.6. The molecule has 0 aliphatic carbocycles. The number of rotatable bonds is 6. The molecular weight excluding hydrogens is 272 g/mol. The van der Waals surface area contributed by atoms with E-state index in [1.807, 2.05) is 6.92 Å². The monoisotopic (exact) mass is 291 g/mol. The molecule has 0 aliphatic heterocycles. The third-order valence-corrected chi connectivity index (χ3v) is 4.86. The lowest BCUT2D eigenvalue weighted by Crippen LogP contribution is -2.43. The lowest BCUT2D eigenvalue weighted by atomic mass is 10.0. The maximum atomic E-state index is 13.6. The number of likely N-dealkylation sites (N-methyl/N-ethyl adjacent to an activating group) is 1. The first-order chi connectivity index (χ1) is 8.77. The van der Waals surface area contributed by atoms with Gasteiger partial charge in [-0.3, -0.25) is 0 Å². The lowest BCUT2D eigenvalue weighted by Gasteiger charge is -2.23. The molecule has 1 aromatic carbocycles. The molecular formula is C13H19F2NO2S. The molecule has 108 valence electrons. The maximum Gasteiger partial charge on any atom is 0.162 e. The van der Waals surface area contributed by atoms with Crippen LogP contribution in [0.4, 0.5) is 8.78 Å². The Morgan fingerprint density at radius 2 is 1.95 bits per heavy atom. The quantitative estimate of drug-likeness (QED) is 0.871. The molecule has 0 saturated heterocycles. The number of halogens is 2. The van der Waals surface area contributed by atoms with Gasteiger partial charge in [0.25, 0.3) is 0 Å². The van der Waals surface area contributed by atoms with Crippen molar-refractivity contribution in [3.05, 3.63) is 35.4 Å². The van der Waals surface area contributed by atoms with Gasteiger partial charge in [-0.2, -0.15) is 0 Å². The Kier molecular flexibility index (Phi) is 5.43. The highest BCUT2D eigenvalue weighted by atomic mass is 32.2. The Morgan fingerprint density at radius 1 is 1.32 bits per heavy atom. The average molecular weight is 291 g/mol. The Balaban J connectivity index is 2.99. The lowest BCUT2D eigenvalue weighted by molar-refractivity contribution is 0.464. The van der Waals surface area contributed by atoms with Gasteiger partial charge in [-0.15, -0.1) is 0 Å². The zero-order valence-corrected chi connectivity index (χ0v) is 12.1. The summed E-state index contributed by atoms with van der Waals surface area (Å²) in [5, 5.41) is 2.34. The smallest absolute Gasteiger partial charge is 0.162 e. The Hall–Kier alpha value is -1.01. The first kappa shape index (κ1) is 16.0. The van der Waals surface area contributed by atoms with Crippen LogP contribution in [0.1, 0.15) is 19.4 Å². The van der Waals surface area contributed by atoms with Crippen LogP contribution >= 0.6 is 0 Å². The maximum absolute atomic E-state index is 13.6. The second-order valence-electron chi connectivity index (χ2n) is 4.62. The van der Waals surface area contributed by atoms with Gasteiger partial charge in [-0.25, -0.2) is 17.2 Å². The highest BCUT2D eigenvalue weighted by molar-refractivity contribution is 7.91. The Labute approximate surface area is 112 Å². The third kappa shape index (κ3) is 4.24. The molecule has 19 heavy (non-hydrogen) atoms. The Morgan fingerprint density at radius 3 is 2.47 bits per heavy atom. The molecule has 1 N–H and O–H groups in total. The molecule has 0 amide bonds. The molecule has 0 saturated carbocycles. The number of hydrogen-bond acceptors (Lipinski definition) is 3. The molecule has 0 radical (unpaired) electrons. The van der Waals surface area contributed by atoms with Crippen molar-refractivity contribution in [2.75, 3.05) is 12.8 Å². The minimum Gasteiger partial charge on any atom is -0.313 e. The van der Waals surface area contributed by atoms with Crippen LogP contribution in [-0.2, 0) is 16.3 Å². The normalized spacial score (nSPS) is 15.2. The van der Waals surface area contributed by atoms with Crippen molar-refractivity contribution in [1.29, 1.82) is 0 Å². The molecule has 3 nitrogen and oxygen atoms in total. The summed E-state index contributed by atoms with van der Waals surface area (Å²) in [5.74, 6) is -1.83. The molecule has 6 heteroatoms. The van der Waals surface area contributed by atoms with Crippen molar-refractivity contribution in [2.24, 2.45) is 0 Å². The van der Waals surface area contributed by atoms with Gasteiger partial charge in [-0.1, -0.05) is 19.1 Å². The van der Waals surface area contributed by atoms with Crippen molar-refractivity contribution < 1.29 is 17.2 Å². The van der Waals surface area contributed by atoms with E-state index in [-0.39, 0.29) is 12.0 Å². The van der Waals surface area contributed by atoms with Crippen molar-refractivity contribution >= 4 is 9.84 Å². The van der Waals surface area contributed by atoms with Crippen molar-refractivity contribution in [3.63, 3.8) is 0 Å². The summed E-state index contributed by atoms with van der Waals surface area (Å²) in [6, 6.07) is 3.48. The van der Waals surface area contributed by atoms with Gasteiger partial charge < -0.3 is 5.32 Å². The molecule has 0 bridgehead atoms.